The molecule has 0 N–H and O–H groups in total. The molecule has 1 aliphatic heterocycles. The van der Waals surface area contributed by atoms with Crippen LogP contribution in [-0.2, 0) is 11.2 Å². The molecule has 2 aromatic carbocycles. The number of ether oxygens (including phenoxy) is 1. The van der Waals surface area contributed by atoms with E-state index in [-0.39, 0.29) is 0 Å². The number of benzene rings is 2. The van der Waals surface area contributed by atoms with Gasteiger partial charge in [0.2, 0.25) is 0 Å². The van der Waals surface area contributed by atoms with Crippen molar-refractivity contribution < 1.29 is 9.26 Å². The molecule has 0 spiro atoms. The van der Waals surface area contributed by atoms with Gasteiger partial charge in [-0.1, -0.05) is 54.0 Å². The van der Waals surface area contributed by atoms with Crippen LogP contribution in [0.15, 0.2) is 59.1 Å². The van der Waals surface area contributed by atoms with Gasteiger partial charge in [0.1, 0.15) is 11.5 Å². The lowest BCUT2D eigenvalue weighted by Crippen LogP contribution is -2.36. The minimum atomic E-state index is 0.377. The van der Waals surface area contributed by atoms with Crippen LogP contribution in [0, 0.1) is 6.92 Å². The third-order valence-electron chi connectivity index (χ3n) is 5.25. The fourth-order valence-corrected chi connectivity index (χ4v) is 3.52. The van der Waals surface area contributed by atoms with E-state index in [1.54, 1.807) is 0 Å². The van der Waals surface area contributed by atoms with Crippen LogP contribution in [0.5, 0.6) is 0 Å². The van der Waals surface area contributed by atoms with Gasteiger partial charge in [-0.05, 0) is 30.5 Å². The highest BCUT2D eigenvalue weighted by Crippen LogP contribution is 2.26. The summed E-state index contributed by atoms with van der Waals surface area (Å²) in [6.07, 6.45) is 0.843. The molecule has 2 heterocycles. The number of nitrogens with zero attached hydrogens (tertiary/aromatic N) is 2. The second kappa shape index (κ2) is 7.97. The molecule has 4 nitrogen and oxygen atoms in total. The fourth-order valence-electron chi connectivity index (χ4n) is 3.52. The average molecular weight is 362 g/mol. The van der Waals surface area contributed by atoms with Crippen LogP contribution in [0.3, 0.4) is 0 Å². The van der Waals surface area contributed by atoms with Crippen molar-refractivity contribution in [1.29, 1.82) is 0 Å². The third-order valence-corrected chi connectivity index (χ3v) is 5.25. The Morgan fingerprint density at radius 3 is 2.41 bits per heavy atom. The Balaban J connectivity index is 1.41. The van der Waals surface area contributed by atoms with E-state index in [1.165, 1.54) is 16.8 Å². The number of morpholine rings is 1. The number of aryl methyl sites for hydroxylation is 1. The molecule has 1 saturated heterocycles. The molecular formula is C23H26N2O2. The van der Waals surface area contributed by atoms with Crippen LogP contribution in [0.25, 0.3) is 11.3 Å². The van der Waals surface area contributed by atoms with E-state index in [0.29, 0.717) is 5.92 Å². The summed E-state index contributed by atoms with van der Waals surface area (Å²) in [6, 6.07) is 19.3. The summed E-state index contributed by atoms with van der Waals surface area (Å²) in [6.45, 7) is 7.88. The van der Waals surface area contributed by atoms with Crippen molar-refractivity contribution in [3.63, 3.8) is 0 Å². The summed E-state index contributed by atoms with van der Waals surface area (Å²) in [4.78, 5) is 2.38. The van der Waals surface area contributed by atoms with Crippen molar-refractivity contribution in [2.75, 3.05) is 31.2 Å². The highest BCUT2D eigenvalue weighted by Gasteiger charge is 2.14. The van der Waals surface area contributed by atoms with Crippen LogP contribution in [-0.4, -0.2) is 31.5 Å². The first kappa shape index (κ1) is 17.8. The monoisotopic (exact) mass is 362 g/mol. The summed E-state index contributed by atoms with van der Waals surface area (Å²) in [7, 11) is 0. The van der Waals surface area contributed by atoms with Gasteiger partial charge in [-0.2, -0.15) is 0 Å². The Labute approximate surface area is 160 Å². The van der Waals surface area contributed by atoms with Gasteiger partial charge in [0, 0.05) is 36.8 Å². The number of hydrogen-bond acceptors (Lipinski definition) is 4. The molecule has 3 aromatic rings. The first-order chi connectivity index (χ1) is 13.2. The average Bonchev–Trinajstić information content (AvgIpc) is 3.18. The molecule has 4 rings (SSSR count). The Bertz CT molecular complexity index is 862. The fraction of sp³-hybridized carbons (Fsp3) is 0.348. The molecule has 4 heteroatoms. The first-order valence-corrected chi connectivity index (χ1v) is 9.64. The summed E-state index contributed by atoms with van der Waals surface area (Å²) in [5, 5.41) is 4.24. The molecular weight excluding hydrogens is 336 g/mol. The Morgan fingerprint density at radius 2 is 1.70 bits per heavy atom. The minimum absolute atomic E-state index is 0.377. The zero-order chi connectivity index (χ0) is 18.6. The van der Waals surface area contributed by atoms with Gasteiger partial charge in [-0.3, -0.25) is 0 Å². The van der Waals surface area contributed by atoms with Crippen LogP contribution in [0.1, 0.15) is 29.7 Å². The maximum absolute atomic E-state index is 5.59. The van der Waals surface area contributed by atoms with Crippen LogP contribution >= 0.6 is 0 Å². The first-order valence-electron chi connectivity index (χ1n) is 9.64. The SMILES string of the molecule is Cc1ccc(-c2cc(CC(C)c3ccc(N4CCOCC4)cc3)on2)cc1. The normalized spacial score (nSPS) is 15.7. The maximum atomic E-state index is 5.59. The molecule has 1 aliphatic rings. The molecule has 1 unspecified atom stereocenters. The van der Waals surface area contributed by atoms with Gasteiger partial charge in [-0.15, -0.1) is 0 Å². The van der Waals surface area contributed by atoms with Crippen molar-refractivity contribution >= 4 is 5.69 Å². The molecule has 0 saturated carbocycles. The van der Waals surface area contributed by atoms with E-state index < -0.39 is 0 Å². The zero-order valence-corrected chi connectivity index (χ0v) is 16.0. The van der Waals surface area contributed by atoms with Gasteiger partial charge in [0.15, 0.2) is 0 Å². The van der Waals surface area contributed by atoms with Crippen molar-refractivity contribution in [1.82, 2.24) is 5.16 Å². The molecule has 0 aliphatic carbocycles. The van der Waals surface area contributed by atoms with Crippen molar-refractivity contribution in [3.05, 3.63) is 71.5 Å². The smallest absolute Gasteiger partial charge is 0.137 e. The molecule has 1 fully saturated rings. The van der Waals surface area contributed by atoms with Gasteiger partial charge >= 0.3 is 0 Å². The number of aromatic nitrogens is 1. The van der Waals surface area contributed by atoms with E-state index in [0.717, 1.165) is 49.7 Å². The van der Waals surface area contributed by atoms with E-state index in [1.807, 2.05) is 0 Å². The molecule has 140 valence electrons. The Morgan fingerprint density at radius 1 is 1.00 bits per heavy atom. The number of rotatable bonds is 5. The Hall–Kier alpha value is -2.59. The second-order valence-corrected chi connectivity index (χ2v) is 7.34. The van der Waals surface area contributed by atoms with E-state index >= 15 is 0 Å². The summed E-state index contributed by atoms with van der Waals surface area (Å²) in [5.41, 5.74) is 5.84. The van der Waals surface area contributed by atoms with Gasteiger partial charge in [0.05, 0.1) is 13.2 Å². The summed E-state index contributed by atoms with van der Waals surface area (Å²) < 4.78 is 11.0. The van der Waals surface area contributed by atoms with Crippen molar-refractivity contribution in [2.45, 2.75) is 26.2 Å². The van der Waals surface area contributed by atoms with Gasteiger partial charge in [-0.25, -0.2) is 0 Å². The molecule has 1 aromatic heterocycles. The largest absolute Gasteiger partial charge is 0.378 e. The van der Waals surface area contributed by atoms with E-state index in [2.05, 4.69) is 78.5 Å². The summed E-state index contributed by atoms with van der Waals surface area (Å²) in [5.74, 6) is 1.30. The summed E-state index contributed by atoms with van der Waals surface area (Å²) >= 11 is 0. The van der Waals surface area contributed by atoms with Crippen LogP contribution in [0.2, 0.25) is 0 Å². The van der Waals surface area contributed by atoms with Crippen LogP contribution in [0.4, 0.5) is 5.69 Å². The molecule has 0 radical (unpaired) electrons. The molecule has 1 atom stereocenters. The molecule has 27 heavy (non-hydrogen) atoms. The van der Waals surface area contributed by atoms with Gasteiger partial charge in [0.25, 0.3) is 0 Å². The van der Waals surface area contributed by atoms with Gasteiger partial charge < -0.3 is 14.2 Å². The molecule has 0 bridgehead atoms. The zero-order valence-electron chi connectivity index (χ0n) is 16.0. The quantitative estimate of drug-likeness (QED) is 0.651. The lowest BCUT2D eigenvalue weighted by molar-refractivity contribution is 0.122. The topological polar surface area (TPSA) is 38.5 Å². The van der Waals surface area contributed by atoms with E-state index in [9.17, 15) is 0 Å². The number of anilines is 1. The Kier molecular flexibility index (Phi) is 5.26. The third kappa shape index (κ3) is 4.22. The van der Waals surface area contributed by atoms with E-state index in [4.69, 9.17) is 9.26 Å². The predicted molar refractivity (Wildman–Crippen MR) is 108 cm³/mol. The highest BCUT2D eigenvalue weighted by molar-refractivity contribution is 5.59. The predicted octanol–water partition coefficient (Wildman–Crippen LogP) is 4.83. The molecule has 0 amide bonds. The van der Waals surface area contributed by atoms with Crippen LogP contribution < -0.4 is 4.90 Å². The highest BCUT2D eigenvalue weighted by atomic mass is 16.5. The van der Waals surface area contributed by atoms with Crippen molar-refractivity contribution in [3.8, 4) is 11.3 Å². The standard InChI is InChI=1S/C23H26N2O2/c1-17-3-5-20(6-4-17)23-16-22(27-24-23)15-18(2)19-7-9-21(10-8-19)25-11-13-26-14-12-25/h3-10,16,18H,11-15H2,1-2H3. The lowest BCUT2D eigenvalue weighted by Gasteiger charge is -2.29. The maximum Gasteiger partial charge on any atom is 0.137 e. The van der Waals surface area contributed by atoms with Crippen molar-refractivity contribution in [2.24, 2.45) is 0 Å². The lowest BCUT2D eigenvalue weighted by atomic mass is 9.96. The number of hydrogen-bond donors (Lipinski definition) is 0. The second-order valence-electron chi connectivity index (χ2n) is 7.34. The minimum Gasteiger partial charge on any atom is -0.378 e.